The number of benzene rings is 1. The normalized spacial score (nSPS) is 10.8. The van der Waals surface area contributed by atoms with Gasteiger partial charge in [0.25, 0.3) is 0 Å². The van der Waals surface area contributed by atoms with Crippen LogP contribution < -0.4 is 4.52 Å². The van der Waals surface area contributed by atoms with E-state index in [9.17, 15) is 0 Å². The van der Waals surface area contributed by atoms with Crippen LogP contribution in [0.25, 0.3) is 0 Å². The Bertz CT molecular complexity index is 337. The molecule has 0 unspecified atom stereocenters. The van der Waals surface area contributed by atoms with Crippen molar-refractivity contribution in [2.45, 2.75) is 33.6 Å². The average Bonchev–Trinajstić information content (AvgIpc) is 2.18. The van der Waals surface area contributed by atoms with Gasteiger partial charge in [0.15, 0.2) is 0 Å². The molecule has 1 aromatic rings. The summed E-state index contributed by atoms with van der Waals surface area (Å²) in [6.45, 7) is 6.18. The molecule has 0 radical (unpaired) electrons. The zero-order chi connectivity index (χ0) is 11.4. The largest absolute Gasteiger partial charge is 0.427 e. The standard InChI is InChI=1S/C11H17O3P/c1-4-9-6-7-11(14-15(12)13)10(5-2)8(9)3/h6-7,12-13H,4-5H2,1-3H3. The van der Waals surface area contributed by atoms with Crippen molar-refractivity contribution < 1.29 is 14.3 Å². The van der Waals surface area contributed by atoms with Crippen LogP contribution in [0.4, 0.5) is 0 Å². The molecule has 0 amide bonds. The third kappa shape index (κ3) is 2.91. The number of hydrogen-bond donors (Lipinski definition) is 2. The minimum atomic E-state index is -2.32. The lowest BCUT2D eigenvalue weighted by molar-refractivity contribution is 0.373. The maximum Gasteiger partial charge on any atom is 0.391 e. The molecule has 0 heterocycles. The van der Waals surface area contributed by atoms with Gasteiger partial charge in [0, 0.05) is 0 Å². The molecule has 4 heteroatoms. The molecular formula is C11H17O3P. The molecule has 0 aromatic heterocycles. The molecular weight excluding hydrogens is 211 g/mol. The van der Waals surface area contributed by atoms with Gasteiger partial charge in [-0.15, -0.1) is 0 Å². The summed E-state index contributed by atoms with van der Waals surface area (Å²) in [7, 11) is -2.32. The van der Waals surface area contributed by atoms with Crippen molar-refractivity contribution in [2.24, 2.45) is 0 Å². The van der Waals surface area contributed by atoms with Crippen LogP contribution in [-0.2, 0) is 12.8 Å². The molecule has 0 aliphatic carbocycles. The second-order valence-electron chi connectivity index (χ2n) is 3.38. The van der Waals surface area contributed by atoms with Crippen LogP contribution >= 0.6 is 8.60 Å². The molecule has 0 atom stereocenters. The summed E-state index contributed by atoms with van der Waals surface area (Å²) in [5, 5.41) is 0. The lowest BCUT2D eigenvalue weighted by atomic mass is 9.98. The van der Waals surface area contributed by atoms with E-state index in [1.165, 1.54) is 11.1 Å². The Hall–Kier alpha value is -0.630. The molecule has 1 aromatic carbocycles. The van der Waals surface area contributed by atoms with Crippen molar-refractivity contribution in [3.05, 3.63) is 28.8 Å². The maximum absolute atomic E-state index is 8.84. The highest BCUT2D eigenvalue weighted by atomic mass is 31.2. The van der Waals surface area contributed by atoms with Gasteiger partial charge in [-0.25, -0.2) is 0 Å². The zero-order valence-electron chi connectivity index (χ0n) is 9.32. The molecule has 0 aliphatic rings. The molecule has 0 aliphatic heterocycles. The Morgan fingerprint density at radius 3 is 2.33 bits per heavy atom. The van der Waals surface area contributed by atoms with Crippen LogP contribution in [0.15, 0.2) is 12.1 Å². The SMILES string of the molecule is CCc1ccc(OP(O)O)c(CC)c1C. The molecule has 3 nitrogen and oxygen atoms in total. The summed E-state index contributed by atoms with van der Waals surface area (Å²) < 4.78 is 4.99. The van der Waals surface area contributed by atoms with Gasteiger partial charge in [0.1, 0.15) is 5.75 Å². The smallest absolute Gasteiger partial charge is 0.391 e. The van der Waals surface area contributed by atoms with Gasteiger partial charge in [-0.2, -0.15) is 0 Å². The van der Waals surface area contributed by atoms with Gasteiger partial charge >= 0.3 is 8.60 Å². The van der Waals surface area contributed by atoms with E-state index in [0.717, 1.165) is 18.4 Å². The van der Waals surface area contributed by atoms with Crippen molar-refractivity contribution in [1.29, 1.82) is 0 Å². The molecule has 0 saturated heterocycles. The molecule has 1 rings (SSSR count). The second-order valence-corrected chi connectivity index (χ2v) is 4.07. The van der Waals surface area contributed by atoms with E-state index in [4.69, 9.17) is 14.3 Å². The molecule has 0 saturated carbocycles. The fourth-order valence-corrected chi connectivity index (χ4v) is 2.12. The topological polar surface area (TPSA) is 49.7 Å². The van der Waals surface area contributed by atoms with E-state index in [-0.39, 0.29) is 0 Å². The Kier molecular flexibility index (Phi) is 4.52. The van der Waals surface area contributed by atoms with Crippen molar-refractivity contribution in [1.82, 2.24) is 0 Å². The van der Waals surface area contributed by atoms with Gasteiger partial charge in [0.2, 0.25) is 0 Å². The number of aryl methyl sites for hydroxylation is 1. The van der Waals surface area contributed by atoms with Gasteiger partial charge in [-0.05, 0) is 42.5 Å². The minimum absolute atomic E-state index is 0.586. The van der Waals surface area contributed by atoms with E-state index in [0.29, 0.717) is 5.75 Å². The monoisotopic (exact) mass is 228 g/mol. The molecule has 0 spiro atoms. The minimum Gasteiger partial charge on any atom is -0.427 e. The van der Waals surface area contributed by atoms with Gasteiger partial charge in [-0.3, -0.25) is 0 Å². The van der Waals surface area contributed by atoms with Crippen LogP contribution in [0.3, 0.4) is 0 Å². The van der Waals surface area contributed by atoms with Gasteiger partial charge in [0.05, 0.1) is 0 Å². The van der Waals surface area contributed by atoms with Crippen LogP contribution in [0.2, 0.25) is 0 Å². The Labute approximate surface area is 91.7 Å². The van der Waals surface area contributed by atoms with Gasteiger partial charge in [-0.1, -0.05) is 19.9 Å². The first-order chi connectivity index (χ1) is 7.10. The van der Waals surface area contributed by atoms with Gasteiger partial charge < -0.3 is 14.3 Å². The highest BCUT2D eigenvalue weighted by Crippen LogP contribution is 2.34. The molecule has 2 N–H and O–H groups in total. The summed E-state index contributed by atoms with van der Waals surface area (Å²) in [4.78, 5) is 17.7. The molecule has 0 fully saturated rings. The van der Waals surface area contributed by atoms with E-state index in [1.54, 1.807) is 0 Å². The average molecular weight is 228 g/mol. The Balaban J connectivity index is 3.12. The predicted molar refractivity (Wildman–Crippen MR) is 61.9 cm³/mol. The maximum atomic E-state index is 8.84. The molecule has 15 heavy (non-hydrogen) atoms. The fourth-order valence-electron chi connectivity index (χ4n) is 1.78. The fraction of sp³-hybridized carbons (Fsp3) is 0.455. The van der Waals surface area contributed by atoms with E-state index in [1.807, 2.05) is 26.0 Å². The van der Waals surface area contributed by atoms with Crippen molar-refractivity contribution in [3.63, 3.8) is 0 Å². The van der Waals surface area contributed by atoms with E-state index in [2.05, 4.69) is 6.92 Å². The summed E-state index contributed by atoms with van der Waals surface area (Å²) in [6.07, 6.45) is 1.81. The Morgan fingerprint density at radius 2 is 1.87 bits per heavy atom. The number of rotatable bonds is 4. The predicted octanol–water partition coefficient (Wildman–Crippen LogP) is 2.71. The van der Waals surface area contributed by atoms with Crippen LogP contribution in [0.1, 0.15) is 30.5 Å². The molecule has 84 valence electrons. The first kappa shape index (κ1) is 12.4. The zero-order valence-corrected chi connectivity index (χ0v) is 10.2. The quantitative estimate of drug-likeness (QED) is 0.779. The third-order valence-electron chi connectivity index (χ3n) is 2.58. The van der Waals surface area contributed by atoms with Crippen molar-refractivity contribution >= 4 is 8.60 Å². The van der Waals surface area contributed by atoms with Crippen LogP contribution in [-0.4, -0.2) is 9.79 Å². The van der Waals surface area contributed by atoms with E-state index >= 15 is 0 Å². The summed E-state index contributed by atoms with van der Waals surface area (Å²) in [5.41, 5.74) is 3.53. The van der Waals surface area contributed by atoms with Crippen LogP contribution in [0.5, 0.6) is 5.75 Å². The lowest BCUT2D eigenvalue weighted by Crippen LogP contribution is -1.98. The second kappa shape index (κ2) is 5.45. The third-order valence-corrected chi connectivity index (χ3v) is 2.94. The summed E-state index contributed by atoms with van der Waals surface area (Å²) in [6, 6.07) is 3.79. The molecule has 0 bridgehead atoms. The van der Waals surface area contributed by atoms with Crippen LogP contribution in [0, 0.1) is 6.92 Å². The summed E-state index contributed by atoms with van der Waals surface area (Å²) in [5.74, 6) is 0.586. The van der Waals surface area contributed by atoms with E-state index < -0.39 is 8.60 Å². The highest BCUT2D eigenvalue weighted by molar-refractivity contribution is 7.39. The highest BCUT2D eigenvalue weighted by Gasteiger charge is 2.11. The Morgan fingerprint density at radius 1 is 1.20 bits per heavy atom. The van der Waals surface area contributed by atoms with Crippen molar-refractivity contribution in [3.8, 4) is 5.75 Å². The summed E-state index contributed by atoms with van der Waals surface area (Å²) >= 11 is 0. The lowest BCUT2D eigenvalue weighted by Gasteiger charge is -2.15. The van der Waals surface area contributed by atoms with Crippen molar-refractivity contribution in [2.75, 3.05) is 0 Å². The number of hydrogen-bond acceptors (Lipinski definition) is 3. The first-order valence-electron chi connectivity index (χ1n) is 5.07. The first-order valence-corrected chi connectivity index (χ1v) is 6.23.